The summed E-state index contributed by atoms with van der Waals surface area (Å²) in [6.07, 6.45) is 0.611. The van der Waals surface area contributed by atoms with Gasteiger partial charge in [0, 0.05) is 13.0 Å². The number of ether oxygens (including phenoxy) is 3. The Hall–Kier alpha value is -3.65. The van der Waals surface area contributed by atoms with Crippen LogP contribution in [0, 0.1) is 0 Å². The summed E-state index contributed by atoms with van der Waals surface area (Å²) in [5.41, 5.74) is 4.30. The molecule has 0 saturated carbocycles. The van der Waals surface area contributed by atoms with Crippen LogP contribution < -0.4 is 0 Å². The van der Waals surface area contributed by atoms with Crippen LogP contribution in [0.3, 0.4) is 0 Å². The van der Waals surface area contributed by atoms with Crippen LogP contribution in [0.5, 0.6) is 0 Å². The summed E-state index contributed by atoms with van der Waals surface area (Å²) < 4.78 is 15.4. The first kappa shape index (κ1) is 23.0. The van der Waals surface area contributed by atoms with Gasteiger partial charge in [0.2, 0.25) is 0 Å². The Morgan fingerprint density at radius 3 is 2.22 bits per heavy atom. The van der Waals surface area contributed by atoms with E-state index in [9.17, 15) is 19.5 Å². The molecule has 0 saturated heterocycles. The zero-order valence-electron chi connectivity index (χ0n) is 17.7. The van der Waals surface area contributed by atoms with Gasteiger partial charge in [-0.15, -0.1) is 0 Å². The topological polar surface area (TPSA) is 102 Å². The van der Waals surface area contributed by atoms with Gasteiger partial charge in [-0.1, -0.05) is 61.2 Å². The average Bonchev–Trinajstić information content (AvgIpc) is 3.12. The number of fused-ring (bicyclic) bond motifs is 3. The minimum Gasteiger partial charge on any atom is -0.480 e. The number of hydrogen-bond donors (Lipinski definition) is 1. The highest BCUT2D eigenvalue weighted by atomic mass is 16.6. The lowest BCUT2D eigenvalue weighted by molar-refractivity contribution is -0.152. The largest absolute Gasteiger partial charge is 0.480 e. The van der Waals surface area contributed by atoms with E-state index in [0.29, 0.717) is 0 Å². The SMILES string of the molecule is C=CCOC(=O)COCC(C(=O)O)N(C)C(=O)OCC1c2ccccc2-c2ccccc21. The Morgan fingerprint density at radius 1 is 1.06 bits per heavy atom. The number of likely N-dealkylation sites (N-methyl/N-ethyl adjacent to an activating group) is 1. The summed E-state index contributed by atoms with van der Waals surface area (Å²) in [7, 11) is 1.32. The lowest BCUT2D eigenvalue weighted by Crippen LogP contribution is -2.46. The van der Waals surface area contributed by atoms with Gasteiger partial charge in [0.15, 0.2) is 6.04 Å². The third-order valence-electron chi connectivity index (χ3n) is 5.23. The highest BCUT2D eigenvalue weighted by molar-refractivity contribution is 5.81. The number of rotatable bonds is 10. The number of carbonyl (C=O) groups excluding carboxylic acids is 2. The second kappa shape index (κ2) is 10.6. The van der Waals surface area contributed by atoms with Crippen molar-refractivity contribution in [2.75, 3.05) is 33.5 Å². The van der Waals surface area contributed by atoms with E-state index in [0.717, 1.165) is 27.2 Å². The number of hydrogen-bond acceptors (Lipinski definition) is 6. The number of esters is 1. The van der Waals surface area contributed by atoms with Crippen molar-refractivity contribution >= 4 is 18.0 Å². The Balaban J connectivity index is 1.60. The zero-order chi connectivity index (χ0) is 23.1. The van der Waals surface area contributed by atoms with E-state index < -0.39 is 30.7 Å². The molecule has 1 aliphatic carbocycles. The third kappa shape index (κ3) is 5.15. The van der Waals surface area contributed by atoms with Gasteiger partial charge in [0.25, 0.3) is 0 Å². The molecule has 1 amide bonds. The highest BCUT2D eigenvalue weighted by Gasteiger charge is 2.32. The number of aliphatic carboxylic acids is 1. The van der Waals surface area contributed by atoms with Gasteiger partial charge in [0.1, 0.15) is 19.8 Å². The lowest BCUT2D eigenvalue weighted by Gasteiger charge is -2.25. The molecule has 0 heterocycles. The molecule has 32 heavy (non-hydrogen) atoms. The molecule has 8 heteroatoms. The van der Waals surface area contributed by atoms with Crippen molar-refractivity contribution in [3.63, 3.8) is 0 Å². The number of nitrogens with zero attached hydrogens (tertiary/aromatic N) is 1. The van der Waals surface area contributed by atoms with Gasteiger partial charge in [-0.05, 0) is 22.3 Å². The van der Waals surface area contributed by atoms with Gasteiger partial charge in [0.05, 0.1) is 6.61 Å². The monoisotopic (exact) mass is 439 g/mol. The fourth-order valence-electron chi connectivity index (χ4n) is 3.62. The molecular weight excluding hydrogens is 414 g/mol. The van der Waals surface area contributed by atoms with Gasteiger partial charge in [-0.3, -0.25) is 4.90 Å². The molecule has 0 bridgehead atoms. The molecule has 1 atom stereocenters. The van der Waals surface area contributed by atoms with Crippen molar-refractivity contribution in [3.8, 4) is 11.1 Å². The molecule has 8 nitrogen and oxygen atoms in total. The molecule has 168 valence electrons. The molecule has 0 spiro atoms. The van der Waals surface area contributed by atoms with Crippen molar-refractivity contribution in [1.82, 2.24) is 4.90 Å². The summed E-state index contributed by atoms with van der Waals surface area (Å²) in [4.78, 5) is 36.6. The molecule has 1 N–H and O–H groups in total. The summed E-state index contributed by atoms with van der Waals surface area (Å²) in [6.45, 7) is 2.70. The van der Waals surface area contributed by atoms with Crippen LogP contribution in [0.4, 0.5) is 4.79 Å². The van der Waals surface area contributed by atoms with E-state index in [1.165, 1.54) is 13.1 Å². The standard InChI is InChI=1S/C24H25NO7/c1-3-12-31-22(26)15-30-14-21(23(27)28)25(2)24(29)32-13-20-18-10-6-4-8-16(18)17-9-5-7-11-19(17)20/h3-11,20-21H,1,12-15H2,2H3,(H,27,28). The van der Waals surface area contributed by atoms with Crippen LogP contribution in [0.25, 0.3) is 11.1 Å². The quantitative estimate of drug-likeness (QED) is 0.448. The second-order valence-corrected chi connectivity index (χ2v) is 7.26. The number of carboxylic acids is 1. The Morgan fingerprint density at radius 2 is 1.66 bits per heavy atom. The van der Waals surface area contributed by atoms with E-state index in [4.69, 9.17) is 14.2 Å². The van der Waals surface area contributed by atoms with Crippen molar-refractivity contribution in [1.29, 1.82) is 0 Å². The molecule has 0 radical (unpaired) electrons. The summed E-state index contributed by atoms with van der Waals surface area (Å²) in [5, 5.41) is 9.48. The molecule has 1 unspecified atom stereocenters. The maximum Gasteiger partial charge on any atom is 0.410 e. The molecule has 1 aliphatic rings. The van der Waals surface area contributed by atoms with Gasteiger partial charge >= 0.3 is 18.0 Å². The number of carboxylic acid groups (broad SMARTS) is 1. The number of benzene rings is 2. The molecule has 2 aromatic carbocycles. The van der Waals surface area contributed by atoms with E-state index in [1.54, 1.807) is 0 Å². The first-order valence-corrected chi connectivity index (χ1v) is 10.1. The van der Waals surface area contributed by atoms with Crippen LogP contribution in [-0.4, -0.2) is 67.6 Å². The Bertz CT molecular complexity index is 958. The van der Waals surface area contributed by atoms with Crippen LogP contribution in [0.2, 0.25) is 0 Å². The van der Waals surface area contributed by atoms with Crippen molar-refractivity contribution in [2.24, 2.45) is 0 Å². The smallest absolute Gasteiger partial charge is 0.410 e. The van der Waals surface area contributed by atoms with Crippen LogP contribution in [-0.2, 0) is 23.8 Å². The van der Waals surface area contributed by atoms with Gasteiger partial charge in [-0.25, -0.2) is 14.4 Å². The molecular formula is C24H25NO7. The summed E-state index contributed by atoms with van der Waals surface area (Å²) in [6, 6.07) is 14.5. The molecule has 2 aromatic rings. The van der Waals surface area contributed by atoms with E-state index in [2.05, 4.69) is 6.58 Å². The summed E-state index contributed by atoms with van der Waals surface area (Å²) in [5.74, 6) is -2.07. The molecule has 0 fully saturated rings. The predicted octanol–water partition coefficient (Wildman–Crippen LogP) is 3.07. The Kier molecular flexibility index (Phi) is 7.62. The molecule has 0 aromatic heterocycles. The maximum absolute atomic E-state index is 12.6. The van der Waals surface area contributed by atoms with E-state index >= 15 is 0 Å². The second-order valence-electron chi connectivity index (χ2n) is 7.26. The van der Waals surface area contributed by atoms with Gasteiger partial charge < -0.3 is 19.3 Å². The maximum atomic E-state index is 12.6. The fourth-order valence-corrected chi connectivity index (χ4v) is 3.62. The normalized spacial score (nSPS) is 12.9. The van der Waals surface area contributed by atoms with Gasteiger partial charge in [-0.2, -0.15) is 0 Å². The van der Waals surface area contributed by atoms with E-state index in [-0.39, 0.29) is 25.7 Å². The fraction of sp³-hybridized carbons (Fsp3) is 0.292. The minimum atomic E-state index is -1.32. The zero-order valence-corrected chi connectivity index (χ0v) is 17.7. The molecule has 3 rings (SSSR count). The minimum absolute atomic E-state index is 0.0319. The van der Waals surface area contributed by atoms with Crippen LogP contribution >= 0.6 is 0 Å². The van der Waals surface area contributed by atoms with Crippen molar-refractivity contribution < 1.29 is 33.7 Å². The molecule has 0 aliphatic heterocycles. The van der Waals surface area contributed by atoms with Crippen LogP contribution in [0.15, 0.2) is 61.2 Å². The number of carbonyl (C=O) groups is 3. The van der Waals surface area contributed by atoms with Crippen molar-refractivity contribution in [2.45, 2.75) is 12.0 Å². The summed E-state index contributed by atoms with van der Waals surface area (Å²) >= 11 is 0. The van der Waals surface area contributed by atoms with E-state index in [1.807, 2.05) is 48.5 Å². The predicted molar refractivity (Wildman–Crippen MR) is 116 cm³/mol. The Labute approximate surface area is 186 Å². The van der Waals surface area contributed by atoms with Crippen molar-refractivity contribution in [3.05, 3.63) is 72.3 Å². The number of amides is 1. The first-order valence-electron chi connectivity index (χ1n) is 10.1. The first-order chi connectivity index (χ1) is 15.4. The lowest BCUT2D eigenvalue weighted by atomic mass is 9.98. The highest BCUT2D eigenvalue weighted by Crippen LogP contribution is 2.44. The average molecular weight is 439 g/mol. The van der Waals surface area contributed by atoms with Crippen LogP contribution in [0.1, 0.15) is 17.0 Å². The third-order valence-corrected chi connectivity index (χ3v) is 5.23.